The maximum atomic E-state index is 13.4. The predicted molar refractivity (Wildman–Crippen MR) is 131 cm³/mol. The Labute approximate surface area is 188 Å². The highest BCUT2D eigenvalue weighted by atomic mass is 16.1. The van der Waals surface area contributed by atoms with Crippen molar-refractivity contribution in [3.05, 3.63) is 75.1 Å². The van der Waals surface area contributed by atoms with Crippen LogP contribution in [0.2, 0.25) is 0 Å². The highest BCUT2D eigenvalue weighted by molar-refractivity contribution is 5.83. The number of aliphatic imine (C=N–C) groups is 1. The van der Waals surface area contributed by atoms with E-state index >= 15 is 0 Å². The number of hydrogen-bond acceptors (Lipinski definition) is 5. The molecule has 4 rings (SSSR count). The number of nitrogens with zero attached hydrogens (tertiary/aromatic N) is 4. The van der Waals surface area contributed by atoms with Crippen molar-refractivity contribution in [3.63, 3.8) is 0 Å². The van der Waals surface area contributed by atoms with E-state index in [1.165, 1.54) is 24.8 Å². The van der Waals surface area contributed by atoms with Crippen LogP contribution in [-0.2, 0) is 6.42 Å². The fourth-order valence-corrected chi connectivity index (χ4v) is 4.58. The highest BCUT2D eigenvalue weighted by Gasteiger charge is 2.19. The summed E-state index contributed by atoms with van der Waals surface area (Å²) in [6.07, 6.45) is 13.4. The van der Waals surface area contributed by atoms with Crippen LogP contribution in [0.25, 0.3) is 16.6 Å². The number of pyridine rings is 1. The van der Waals surface area contributed by atoms with Crippen LogP contribution < -0.4 is 11.3 Å². The largest absolute Gasteiger partial charge is 0.397 e. The Kier molecular flexibility index (Phi) is 6.49. The van der Waals surface area contributed by atoms with Gasteiger partial charge >= 0.3 is 0 Å². The number of aryl methyl sites for hydroxylation is 1. The van der Waals surface area contributed by atoms with Gasteiger partial charge in [0.05, 0.1) is 28.6 Å². The molecule has 166 valence electrons. The van der Waals surface area contributed by atoms with Gasteiger partial charge in [0, 0.05) is 25.5 Å². The molecule has 0 aliphatic heterocycles. The molecule has 1 aromatic carbocycles. The van der Waals surface area contributed by atoms with Gasteiger partial charge in [-0.3, -0.25) is 19.3 Å². The molecule has 1 saturated carbocycles. The molecule has 0 spiro atoms. The first kappa shape index (κ1) is 21.9. The summed E-state index contributed by atoms with van der Waals surface area (Å²) in [5.74, 6) is 0. The molecule has 2 N–H and O–H groups in total. The molecule has 1 aliphatic carbocycles. The van der Waals surface area contributed by atoms with Crippen LogP contribution in [0.1, 0.15) is 66.1 Å². The van der Waals surface area contributed by atoms with Crippen LogP contribution >= 0.6 is 0 Å². The molecular formula is C26H31N5O. The summed E-state index contributed by atoms with van der Waals surface area (Å²) in [5.41, 5.74) is 12.7. The number of benzene rings is 1. The monoisotopic (exact) mass is 429 g/mol. The maximum Gasteiger partial charge on any atom is 0.261 e. The Morgan fingerprint density at radius 3 is 2.66 bits per heavy atom. The van der Waals surface area contributed by atoms with Gasteiger partial charge in [0.25, 0.3) is 5.56 Å². The first-order chi connectivity index (χ1) is 15.5. The average molecular weight is 430 g/mol. The van der Waals surface area contributed by atoms with Crippen molar-refractivity contribution in [2.75, 3.05) is 7.05 Å². The molecule has 0 saturated heterocycles. The molecule has 6 nitrogen and oxygen atoms in total. The van der Waals surface area contributed by atoms with E-state index in [2.05, 4.69) is 23.8 Å². The minimum Gasteiger partial charge on any atom is -0.397 e. The zero-order valence-corrected chi connectivity index (χ0v) is 19.1. The summed E-state index contributed by atoms with van der Waals surface area (Å²) >= 11 is 0. The summed E-state index contributed by atoms with van der Waals surface area (Å²) in [5, 5.41) is 0.715. The lowest BCUT2D eigenvalue weighted by Gasteiger charge is -2.24. The van der Waals surface area contributed by atoms with Crippen LogP contribution in [0.4, 0.5) is 0 Å². The van der Waals surface area contributed by atoms with Gasteiger partial charge in [-0.15, -0.1) is 0 Å². The Bertz CT molecular complexity index is 1230. The Morgan fingerprint density at radius 1 is 1.19 bits per heavy atom. The van der Waals surface area contributed by atoms with E-state index in [-0.39, 0.29) is 11.6 Å². The van der Waals surface area contributed by atoms with Crippen molar-refractivity contribution >= 4 is 22.8 Å². The lowest BCUT2D eigenvalue weighted by atomic mass is 9.94. The molecule has 2 aromatic heterocycles. The molecule has 0 atom stereocenters. The molecule has 0 amide bonds. The topological polar surface area (TPSA) is 86.2 Å². The van der Waals surface area contributed by atoms with E-state index in [1.54, 1.807) is 25.7 Å². The highest BCUT2D eigenvalue weighted by Crippen LogP contribution is 2.28. The van der Waals surface area contributed by atoms with Gasteiger partial charge < -0.3 is 5.73 Å². The van der Waals surface area contributed by atoms with Crippen LogP contribution in [0.5, 0.6) is 0 Å². The van der Waals surface area contributed by atoms with Crippen molar-refractivity contribution in [2.24, 2.45) is 10.7 Å². The molecule has 1 fully saturated rings. The summed E-state index contributed by atoms with van der Waals surface area (Å²) in [6, 6.07) is 6.26. The van der Waals surface area contributed by atoms with Crippen LogP contribution in [0, 0.1) is 13.8 Å². The van der Waals surface area contributed by atoms with Gasteiger partial charge in [-0.1, -0.05) is 25.3 Å². The summed E-state index contributed by atoms with van der Waals surface area (Å²) in [4.78, 5) is 26.5. The average Bonchev–Trinajstić information content (AvgIpc) is 2.82. The predicted octanol–water partition coefficient (Wildman–Crippen LogP) is 4.50. The second-order valence-corrected chi connectivity index (χ2v) is 8.69. The minimum absolute atomic E-state index is 0.0789. The van der Waals surface area contributed by atoms with E-state index in [4.69, 9.17) is 10.7 Å². The van der Waals surface area contributed by atoms with E-state index in [0.29, 0.717) is 17.5 Å². The second-order valence-electron chi connectivity index (χ2n) is 8.69. The molecule has 0 unspecified atom stereocenters. The molecule has 32 heavy (non-hydrogen) atoms. The van der Waals surface area contributed by atoms with E-state index < -0.39 is 0 Å². The van der Waals surface area contributed by atoms with Gasteiger partial charge in [-0.05, 0) is 73.6 Å². The molecule has 6 heteroatoms. The lowest BCUT2D eigenvalue weighted by molar-refractivity contribution is 0.345. The maximum absolute atomic E-state index is 13.4. The third kappa shape index (κ3) is 4.35. The van der Waals surface area contributed by atoms with Crippen LogP contribution in [0.3, 0.4) is 0 Å². The Hall–Kier alpha value is -3.28. The Balaban J connectivity index is 1.69. The van der Waals surface area contributed by atoms with Crippen molar-refractivity contribution < 1.29 is 0 Å². The summed E-state index contributed by atoms with van der Waals surface area (Å²) < 4.78 is 1.87. The molecule has 0 radical (unpaired) electrons. The van der Waals surface area contributed by atoms with Crippen molar-refractivity contribution in [3.8, 4) is 0 Å². The van der Waals surface area contributed by atoms with Crippen LogP contribution in [-0.4, -0.2) is 27.8 Å². The molecule has 0 bridgehead atoms. The van der Waals surface area contributed by atoms with Gasteiger partial charge in [-0.25, -0.2) is 4.98 Å². The van der Waals surface area contributed by atoms with Crippen LogP contribution in [0.15, 0.2) is 46.6 Å². The standard InChI is InChI=1S/C26H31N5O/c1-17-18(2)25-22(26(32)31(16-30-25)21-7-5-4-6-8-21)14-20(17)13-19-9-10-24(29-15-19)23(27)11-12-28-3/h9-12,14-16,21H,4-8,13,27H2,1-3H3. The third-order valence-corrected chi connectivity index (χ3v) is 6.64. The van der Waals surface area contributed by atoms with E-state index in [1.807, 2.05) is 29.0 Å². The number of aromatic nitrogens is 3. The van der Waals surface area contributed by atoms with Crippen molar-refractivity contribution in [1.29, 1.82) is 0 Å². The van der Waals surface area contributed by atoms with Gasteiger partial charge in [0.1, 0.15) is 0 Å². The number of hydrogen-bond donors (Lipinski definition) is 1. The Morgan fingerprint density at radius 2 is 1.97 bits per heavy atom. The number of rotatable bonds is 5. The van der Waals surface area contributed by atoms with Gasteiger partial charge in [0.2, 0.25) is 0 Å². The third-order valence-electron chi connectivity index (χ3n) is 6.64. The van der Waals surface area contributed by atoms with E-state index in [0.717, 1.165) is 40.7 Å². The number of allylic oxidation sites excluding steroid dienone is 1. The fraction of sp³-hybridized carbons (Fsp3) is 0.385. The quantitative estimate of drug-likeness (QED) is 0.605. The SMILES string of the molecule is CN=CC=C(N)c1ccc(Cc2cc3c(=O)n(C4CCCCC4)cnc3c(C)c2C)cn1. The number of nitrogens with two attached hydrogens (primary N) is 1. The molecule has 2 heterocycles. The first-order valence-electron chi connectivity index (χ1n) is 11.3. The van der Waals surface area contributed by atoms with Crippen molar-refractivity contribution in [1.82, 2.24) is 14.5 Å². The zero-order chi connectivity index (χ0) is 22.7. The fourth-order valence-electron chi connectivity index (χ4n) is 4.58. The smallest absolute Gasteiger partial charge is 0.261 e. The van der Waals surface area contributed by atoms with E-state index in [9.17, 15) is 4.79 Å². The molecule has 1 aliphatic rings. The summed E-state index contributed by atoms with van der Waals surface area (Å²) in [6.45, 7) is 4.16. The van der Waals surface area contributed by atoms with Gasteiger partial charge in [-0.2, -0.15) is 0 Å². The molecule has 3 aromatic rings. The summed E-state index contributed by atoms with van der Waals surface area (Å²) in [7, 11) is 1.70. The zero-order valence-electron chi connectivity index (χ0n) is 19.1. The second kappa shape index (κ2) is 9.47. The normalized spacial score (nSPS) is 15.7. The molecular weight excluding hydrogens is 398 g/mol. The van der Waals surface area contributed by atoms with Gasteiger partial charge in [0.15, 0.2) is 0 Å². The first-order valence-corrected chi connectivity index (χ1v) is 11.3. The number of fused-ring (bicyclic) bond motifs is 1. The minimum atomic E-state index is 0.0789. The lowest BCUT2D eigenvalue weighted by Crippen LogP contribution is -2.27. The van der Waals surface area contributed by atoms with Crippen molar-refractivity contribution in [2.45, 2.75) is 58.4 Å².